The van der Waals surface area contributed by atoms with E-state index in [1.165, 1.54) is 11.3 Å². The van der Waals surface area contributed by atoms with Gasteiger partial charge in [-0.05, 0) is 25.0 Å². The van der Waals surface area contributed by atoms with Crippen molar-refractivity contribution < 1.29 is 22.0 Å². The Balaban J connectivity index is 1.46. The van der Waals surface area contributed by atoms with Crippen LogP contribution in [0.5, 0.6) is 0 Å². The van der Waals surface area contributed by atoms with Crippen LogP contribution in [-0.2, 0) is 23.0 Å². The van der Waals surface area contributed by atoms with Gasteiger partial charge >= 0.3 is 6.03 Å². The van der Waals surface area contributed by atoms with E-state index in [0.29, 0.717) is 22.5 Å². The molecule has 2 aliphatic rings. The number of rotatable bonds is 4. The summed E-state index contributed by atoms with van der Waals surface area (Å²) in [5.74, 6) is -1.96. The molecular formula is C18H20F2N4O3S2. The van der Waals surface area contributed by atoms with Crippen molar-refractivity contribution in [1.82, 2.24) is 14.6 Å². The minimum Gasteiger partial charge on any atom is -0.335 e. The van der Waals surface area contributed by atoms with Crippen LogP contribution in [0, 0.1) is 11.6 Å². The molecule has 0 bridgehead atoms. The molecule has 1 aliphatic carbocycles. The predicted octanol–water partition coefficient (Wildman–Crippen LogP) is 3.23. The van der Waals surface area contributed by atoms with Crippen molar-refractivity contribution in [1.29, 1.82) is 0 Å². The zero-order valence-corrected chi connectivity index (χ0v) is 17.1. The highest BCUT2D eigenvalue weighted by atomic mass is 32.2. The lowest BCUT2D eigenvalue weighted by Crippen LogP contribution is -2.36. The first-order chi connectivity index (χ1) is 13.8. The lowest BCUT2D eigenvalue weighted by Gasteiger charge is -2.25. The Morgan fingerprint density at radius 1 is 1.24 bits per heavy atom. The van der Waals surface area contributed by atoms with Gasteiger partial charge in [0.2, 0.25) is 10.0 Å². The average molecular weight is 443 g/mol. The Morgan fingerprint density at radius 2 is 2.00 bits per heavy atom. The molecular weight excluding hydrogens is 422 g/mol. The standard InChI is InChI=1S/C18H20F2N4O3S2/c19-11-5-6-16(13(20)9-11)29(26,27)24-8-7-14-15(10-24)28-18(22-14)23-17(25)21-12-3-1-2-4-12/h5-6,9,12H,1-4,7-8,10H2,(H2,21,22,23,25). The number of nitrogens with zero attached hydrogens (tertiary/aromatic N) is 2. The van der Waals surface area contributed by atoms with Gasteiger partial charge in [-0.1, -0.05) is 24.2 Å². The monoisotopic (exact) mass is 442 g/mol. The second-order valence-electron chi connectivity index (χ2n) is 7.13. The number of sulfonamides is 1. The molecule has 2 aromatic rings. The van der Waals surface area contributed by atoms with Crippen molar-refractivity contribution >= 4 is 32.5 Å². The van der Waals surface area contributed by atoms with E-state index in [1.54, 1.807) is 0 Å². The molecule has 2 heterocycles. The zero-order chi connectivity index (χ0) is 20.6. The van der Waals surface area contributed by atoms with E-state index >= 15 is 0 Å². The number of hydrogen-bond acceptors (Lipinski definition) is 5. The molecule has 1 saturated carbocycles. The van der Waals surface area contributed by atoms with E-state index in [-0.39, 0.29) is 25.2 Å². The van der Waals surface area contributed by atoms with Crippen LogP contribution in [0.25, 0.3) is 0 Å². The number of carbonyl (C=O) groups excluding carboxylic acids is 1. The summed E-state index contributed by atoms with van der Waals surface area (Å²) in [6.45, 7) is 0.154. The number of halogens is 2. The first-order valence-electron chi connectivity index (χ1n) is 9.34. The maximum Gasteiger partial charge on any atom is 0.321 e. The molecule has 1 aliphatic heterocycles. The Labute approximate surface area is 171 Å². The Hall–Kier alpha value is -2.11. The molecule has 1 aromatic carbocycles. The number of benzene rings is 1. The molecule has 4 rings (SSSR count). The van der Waals surface area contributed by atoms with Crippen LogP contribution in [-0.4, -0.2) is 36.3 Å². The molecule has 156 valence electrons. The molecule has 0 spiro atoms. The summed E-state index contributed by atoms with van der Waals surface area (Å²) in [7, 11) is -4.11. The van der Waals surface area contributed by atoms with Crippen LogP contribution in [0.1, 0.15) is 36.3 Å². The summed E-state index contributed by atoms with van der Waals surface area (Å²) in [6, 6.07) is 2.27. The van der Waals surface area contributed by atoms with Gasteiger partial charge in [0.1, 0.15) is 16.5 Å². The van der Waals surface area contributed by atoms with Gasteiger partial charge in [-0.3, -0.25) is 5.32 Å². The summed E-state index contributed by atoms with van der Waals surface area (Å²) in [6.07, 6.45) is 4.49. The molecule has 0 atom stereocenters. The van der Waals surface area contributed by atoms with Crippen LogP contribution in [0.4, 0.5) is 18.7 Å². The predicted molar refractivity (Wildman–Crippen MR) is 104 cm³/mol. The Morgan fingerprint density at radius 3 is 2.72 bits per heavy atom. The number of thiazole rings is 1. The van der Waals surface area contributed by atoms with Crippen molar-refractivity contribution in [2.24, 2.45) is 0 Å². The largest absolute Gasteiger partial charge is 0.335 e. The summed E-state index contributed by atoms with van der Waals surface area (Å²) in [4.78, 5) is 16.6. The molecule has 1 fully saturated rings. The molecule has 0 unspecified atom stereocenters. The first kappa shape index (κ1) is 20.2. The second-order valence-corrected chi connectivity index (χ2v) is 10.1. The normalized spacial score (nSPS) is 17.9. The van der Waals surface area contributed by atoms with Gasteiger partial charge in [0.05, 0.1) is 12.2 Å². The van der Waals surface area contributed by atoms with Gasteiger partial charge in [-0.25, -0.2) is 27.0 Å². The van der Waals surface area contributed by atoms with Crippen LogP contribution in [0.2, 0.25) is 0 Å². The molecule has 1 aromatic heterocycles. The van der Waals surface area contributed by atoms with E-state index in [0.717, 1.165) is 47.8 Å². The third-order valence-electron chi connectivity index (χ3n) is 5.12. The maximum absolute atomic E-state index is 14.0. The lowest BCUT2D eigenvalue weighted by molar-refractivity contribution is 0.248. The van der Waals surface area contributed by atoms with Crippen molar-refractivity contribution in [3.8, 4) is 0 Å². The molecule has 29 heavy (non-hydrogen) atoms. The summed E-state index contributed by atoms with van der Waals surface area (Å²) in [5, 5.41) is 6.03. The van der Waals surface area contributed by atoms with E-state index in [1.807, 2.05) is 0 Å². The SMILES string of the molecule is O=C(Nc1nc2c(s1)CN(S(=O)(=O)c1ccc(F)cc1F)CC2)NC1CCCC1. The number of carbonyl (C=O) groups is 1. The summed E-state index contributed by atoms with van der Waals surface area (Å²) < 4.78 is 53.8. The quantitative estimate of drug-likeness (QED) is 0.761. The van der Waals surface area contributed by atoms with E-state index < -0.39 is 26.6 Å². The molecule has 11 heteroatoms. The first-order valence-corrected chi connectivity index (χ1v) is 11.6. The van der Waals surface area contributed by atoms with E-state index in [4.69, 9.17) is 0 Å². The molecule has 2 N–H and O–H groups in total. The molecule has 0 radical (unpaired) electrons. The Bertz CT molecular complexity index is 1040. The zero-order valence-electron chi connectivity index (χ0n) is 15.5. The highest BCUT2D eigenvalue weighted by Gasteiger charge is 2.32. The lowest BCUT2D eigenvalue weighted by atomic mass is 10.2. The number of amides is 2. The number of fused-ring (bicyclic) bond motifs is 1. The highest BCUT2D eigenvalue weighted by Crippen LogP contribution is 2.32. The fourth-order valence-corrected chi connectivity index (χ4v) is 6.20. The smallest absolute Gasteiger partial charge is 0.321 e. The van der Waals surface area contributed by atoms with Crippen molar-refractivity contribution in [3.63, 3.8) is 0 Å². The number of aromatic nitrogens is 1. The molecule has 7 nitrogen and oxygen atoms in total. The fraction of sp³-hybridized carbons (Fsp3) is 0.444. The van der Waals surface area contributed by atoms with E-state index in [9.17, 15) is 22.0 Å². The number of hydrogen-bond donors (Lipinski definition) is 2. The van der Waals surface area contributed by atoms with Crippen LogP contribution in [0.3, 0.4) is 0 Å². The van der Waals surface area contributed by atoms with Crippen LogP contribution < -0.4 is 10.6 Å². The van der Waals surface area contributed by atoms with Crippen LogP contribution in [0.15, 0.2) is 23.1 Å². The number of nitrogens with one attached hydrogen (secondary N) is 2. The van der Waals surface area contributed by atoms with Gasteiger partial charge in [-0.2, -0.15) is 4.31 Å². The van der Waals surface area contributed by atoms with Gasteiger partial charge in [0.25, 0.3) is 0 Å². The van der Waals surface area contributed by atoms with Gasteiger partial charge in [0, 0.05) is 30.0 Å². The Kier molecular flexibility index (Phi) is 5.54. The van der Waals surface area contributed by atoms with Gasteiger partial charge < -0.3 is 5.32 Å². The third kappa shape index (κ3) is 4.26. The average Bonchev–Trinajstić information content (AvgIpc) is 3.29. The van der Waals surface area contributed by atoms with Gasteiger partial charge in [-0.15, -0.1) is 0 Å². The van der Waals surface area contributed by atoms with Gasteiger partial charge in [0.15, 0.2) is 5.13 Å². The minimum atomic E-state index is -4.11. The fourth-order valence-electron chi connectivity index (χ4n) is 3.64. The van der Waals surface area contributed by atoms with Crippen molar-refractivity contribution in [3.05, 3.63) is 40.4 Å². The molecule has 0 saturated heterocycles. The topological polar surface area (TPSA) is 91.4 Å². The minimum absolute atomic E-state index is 0.0259. The number of anilines is 1. The van der Waals surface area contributed by atoms with Crippen molar-refractivity contribution in [2.75, 3.05) is 11.9 Å². The maximum atomic E-state index is 14.0. The van der Waals surface area contributed by atoms with Crippen LogP contribution >= 0.6 is 11.3 Å². The summed E-state index contributed by atoms with van der Waals surface area (Å²) >= 11 is 1.20. The second kappa shape index (κ2) is 7.96. The molecule has 2 amide bonds. The number of urea groups is 1. The third-order valence-corrected chi connectivity index (χ3v) is 8.00. The van der Waals surface area contributed by atoms with E-state index in [2.05, 4.69) is 15.6 Å². The van der Waals surface area contributed by atoms with Crippen molar-refractivity contribution in [2.45, 2.75) is 49.6 Å². The summed E-state index contributed by atoms with van der Waals surface area (Å²) in [5.41, 5.74) is 0.720. The highest BCUT2D eigenvalue weighted by molar-refractivity contribution is 7.89.